The van der Waals surface area contributed by atoms with Crippen LogP contribution in [0, 0.1) is 0 Å². The van der Waals surface area contributed by atoms with Gasteiger partial charge in [0.05, 0.1) is 29.1 Å². The molecule has 17 heteroatoms. The van der Waals surface area contributed by atoms with Crippen molar-refractivity contribution in [2.45, 2.75) is 43.8 Å². The zero-order valence-electron chi connectivity index (χ0n) is 16.7. The van der Waals surface area contributed by atoms with Crippen molar-refractivity contribution in [2.24, 2.45) is 0 Å². The average Bonchev–Trinajstić information content (AvgIpc) is 2.63. The number of hydrogen-bond acceptors (Lipinski definition) is 6. The Hall–Kier alpha value is -2.16. The molecule has 0 atom stereocenters. The summed E-state index contributed by atoms with van der Waals surface area (Å²) in [5.74, 6) is -6.93. The predicted molar refractivity (Wildman–Crippen MR) is 103 cm³/mol. The summed E-state index contributed by atoms with van der Waals surface area (Å²) >= 11 is 0. The second-order valence-corrected chi connectivity index (χ2v) is 7.97. The topological polar surface area (TPSA) is 107 Å². The van der Waals surface area contributed by atoms with Gasteiger partial charge in [-0.2, -0.15) is 34.8 Å². The molecule has 6 radical (unpaired) electrons. The van der Waals surface area contributed by atoms with Crippen LogP contribution in [0.2, 0.25) is 0 Å². The Kier molecular flexibility index (Phi) is 8.75. The lowest BCUT2D eigenvalue weighted by Crippen LogP contribution is -2.63. The summed E-state index contributed by atoms with van der Waals surface area (Å²) < 4.78 is 120. The smallest absolute Gasteiger partial charge is 0.435 e. The van der Waals surface area contributed by atoms with Gasteiger partial charge >= 0.3 is 29.9 Å². The molecule has 1 aromatic carbocycles. The summed E-state index contributed by atoms with van der Waals surface area (Å²) in [4.78, 5) is 24.1. The van der Waals surface area contributed by atoms with E-state index in [2.05, 4.69) is 4.74 Å². The molecule has 0 aliphatic rings. The maximum atomic E-state index is 13.5. The molecule has 0 unspecified atom stereocenters. The molecule has 0 aliphatic carbocycles. The number of rotatable bonds is 8. The zero-order valence-corrected chi connectivity index (χ0v) is 17.5. The fourth-order valence-corrected chi connectivity index (χ4v) is 3.72. The Balaban J connectivity index is 3.91. The Morgan fingerprint density at radius 1 is 0.970 bits per heavy atom. The molecule has 0 spiro atoms. The number of ether oxygens (including phenoxy) is 2. The maximum Gasteiger partial charge on any atom is 0.438 e. The molecule has 0 saturated carbocycles. The van der Waals surface area contributed by atoms with E-state index in [1.54, 1.807) is 0 Å². The summed E-state index contributed by atoms with van der Waals surface area (Å²) in [6.45, 7) is 0.903. The van der Waals surface area contributed by atoms with Gasteiger partial charge in [0.15, 0.2) is 0 Å². The molecule has 33 heavy (non-hydrogen) atoms. The van der Waals surface area contributed by atoms with Gasteiger partial charge in [0, 0.05) is 12.5 Å². The van der Waals surface area contributed by atoms with Crippen LogP contribution in [0.1, 0.15) is 34.0 Å². The number of carbonyl (C=O) groups excluding carboxylic acids is 2. The lowest BCUT2D eigenvalue weighted by atomic mass is 9.81. The van der Waals surface area contributed by atoms with E-state index in [-0.39, 0.29) is 17.4 Å². The van der Waals surface area contributed by atoms with E-state index in [1.807, 2.05) is 0 Å². The molecular formula is C16H13B3F6O7S. The van der Waals surface area contributed by atoms with Gasteiger partial charge < -0.3 is 9.47 Å². The minimum Gasteiger partial charge on any atom is -0.435 e. The van der Waals surface area contributed by atoms with Crippen LogP contribution in [0.4, 0.5) is 26.3 Å². The molecule has 7 nitrogen and oxygen atoms in total. The van der Waals surface area contributed by atoms with Crippen LogP contribution in [-0.2, 0) is 38.6 Å². The van der Waals surface area contributed by atoms with Crippen molar-refractivity contribution in [3.05, 3.63) is 28.3 Å². The van der Waals surface area contributed by atoms with E-state index < -0.39 is 75.3 Å². The third-order valence-electron chi connectivity index (χ3n) is 4.20. The Morgan fingerprint density at radius 2 is 1.45 bits per heavy atom. The van der Waals surface area contributed by atoms with Crippen LogP contribution in [0.15, 0.2) is 6.07 Å². The van der Waals surface area contributed by atoms with Crippen LogP contribution >= 0.6 is 0 Å². The minimum atomic E-state index is -6.54. The maximum absolute atomic E-state index is 13.5. The van der Waals surface area contributed by atoms with Crippen molar-refractivity contribution in [3.8, 4) is 5.75 Å². The molecule has 1 aromatic rings. The Bertz CT molecular complexity index is 1010. The van der Waals surface area contributed by atoms with Gasteiger partial charge in [0.25, 0.3) is 10.1 Å². The number of halogens is 6. The normalized spacial score (nSPS) is 13.0. The van der Waals surface area contributed by atoms with Gasteiger partial charge in [-0.15, -0.1) is 0 Å². The van der Waals surface area contributed by atoms with Crippen LogP contribution < -0.4 is 4.74 Å². The predicted octanol–water partition coefficient (Wildman–Crippen LogP) is 1.53. The van der Waals surface area contributed by atoms with Gasteiger partial charge in [-0.05, 0) is 11.1 Å². The summed E-state index contributed by atoms with van der Waals surface area (Å²) in [5.41, 5.74) is -7.65. The highest BCUT2D eigenvalue weighted by molar-refractivity contribution is 7.85. The zero-order chi connectivity index (χ0) is 26.0. The first kappa shape index (κ1) is 28.9. The van der Waals surface area contributed by atoms with Gasteiger partial charge in [-0.3, -0.25) is 9.35 Å². The van der Waals surface area contributed by atoms with Crippen molar-refractivity contribution >= 4 is 45.6 Å². The van der Waals surface area contributed by atoms with Crippen LogP contribution in [0.3, 0.4) is 0 Å². The number of benzene rings is 1. The van der Waals surface area contributed by atoms with Crippen molar-refractivity contribution in [1.82, 2.24) is 0 Å². The molecule has 0 aromatic heterocycles. The Labute approximate surface area is 188 Å². The quantitative estimate of drug-likeness (QED) is 0.192. The van der Waals surface area contributed by atoms with Crippen LogP contribution in [0.5, 0.6) is 5.75 Å². The lowest BCUT2D eigenvalue weighted by Gasteiger charge is -2.36. The SMILES string of the molecule is [B]Cc1cc(C[B])c(C(=O)OC(CS(=O)(=O)O)(C(F)(F)F)C(F)(F)F)c(C[B])c1OC(C)=O. The van der Waals surface area contributed by atoms with Crippen LogP contribution in [0.25, 0.3) is 0 Å². The average molecular weight is 496 g/mol. The van der Waals surface area contributed by atoms with E-state index in [0.29, 0.717) is 0 Å². The highest BCUT2D eigenvalue weighted by Gasteiger charge is 2.76. The summed E-state index contributed by atoms with van der Waals surface area (Å²) in [5, 5.41) is 0. The molecule has 0 heterocycles. The fraction of sp³-hybridized carbons (Fsp3) is 0.500. The van der Waals surface area contributed by atoms with Gasteiger partial charge in [0.1, 0.15) is 11.5 Å². The first-order valence-electron chi connectivity index (χ1n) is 8.63. The standard InChI is InChI=1S/C16H13B3F6O7S/c1-7(26)31-12-9(4-18)2-8(3-17)11(10(12)5-19)13(27)32-14(15(20,21)22,16(23,24)25)6-33(28,29)30/h2H,3-6H2,1H3,(H,28,29,30). The van der Waals surface area contributed by atoms with Crippen molar-refractivity contribution in [2.75, 3.05) is 5.75 Å². The molecular weight excluding hydrogens is 483 g/mol. The first-order valence-corrected chi connectivity index (χ1v) is 10.2. The third-order valence-corrected chi connectivity index (χ3v) is 4.97. The largest absolute Gasteiger partial charge is 0.438 e. The number of alkyl halides is 6. The molecule has 0 fully saturated rings. The van der Waals surface area contributed by atoms with E-state index in [0.717, 1.165) is 13.0 Å². The van der Waals surface area contributed by atoms with E-state index in [4.69, 9.17) is 32.8 Å². The highest BCUT2D eigenvalue weighted by Crippen LogP contribution is 2.47. The molecule has 1 N–H and O–H groups in total. The highest BCUT2D eigenvalue weighted by atomic mass is 32.2. The van der Waals surface area contributed by atoms with Crippen LogP contribution in [-0.4, -0.2) is 72.2 Å². The summed E-state index contributed by atoms with van der Waals surface area (Å²) in [6, 6.07) is 0.972. The second kappa shape index (κ2) is 9.99. The Morgan fingerprint density at radius 3 is 1.79 bits per heavy atom. The second-order valence-electron chi connectivity index (χ2n) is 6.52. The van der Waals surface area contributed by atoms with Gasteiger partial charge in [-0.25, -0.2) is 4.79 Å². The molecule has 0 amide bonds. The minimum absolute atomic E-state index is 0.0153. The molecule has 0 bridgehead atoms. The molecule has 1 rings (SSSR count). The molecule has 0 saturated heterocycles. The van der Waals surface area contributed by atoms with E-state index in [9.17, 15) is 44.3 Å². The monoisotopic (exact) mass is 496 g/mol. The van der Waals surface area contributed by atoms with E-state index >= 15 is 0 Å². The number of carbonyl (C=O) groups is 2. The van der Waals surface area contributed by atoms with E-state index in [1.165, 1.54) is 0 Å². The third kappa shape index (κ3) is 6.25. The van der Waals surface area contributed by atoms with Gasteiger partial charge in [-0.1, -0.05) is 25.0 Å². The number of esters is 2. The molecule has 0 aliphatic heterocycles. The summed E-state index contributed by atoms with van der Waals surface area (Å²) in [6.07, 6.45) is -14.9. The first-order chi connectivity index (χ1) is 14.8. The van der Waals surface area contributed by atoms with Crippen molar-refractivity contribution in [1.29, 1.82) is 0 Å². The summed E-state index contributed by atoms with van der Waals surface area (Å²) in [7, 11) is 10.4. The van der Waals surface area contributed by atoms with Crippen molar-refractivity contribution in [3.63, 3.8) is 0 Å². The van der Waals surface area contributed by atoms with Gasteiger partial charge in [0.2, 0.25) is 0 Å². The lowest BCUT2D eigenvalue weighted by molar-refractivity contribution is -0.356. The fourth-order valence-electron chi connectivity index (χ4n) is 2.82. The number of hydrogen-bond donors (Lipinski definition) is 1. The molecule has 176 valence electrons. The van der Waals surface area contributed by atoms with Crippen molar-refractivity contribution < 1.29 is 58.4 Å².